The molecular weight excluding hydrogens is 351 g/mol. The van der Waals surface area contributed by atoms with Crippen molar-refractivity contribution in [3.05, 3.63) is 47.8 Å². The van der Waals surface area contributed by atoms with Crippen LogP contribution >= 0.6 is 0 Å². The maximum atomic E-state index is 13.0. The van der Waals surface area contributed by atoms with Crippen molar-refractivity contribution in [2.45, 2.75) is 83.7 Å². The van der Waals surface area contributed by atoms with E-state index in [0.29, 0.717) is 5.56 Å². The number of benzene rings is 1. The van der Waals surface area contributed by atoms with E-state index in [9.17, 15) is 9.18 Å². The Balaban J connectivity index is 1.35. The van der Waals surface area contributed by atoms with E-state index in [0.717, 1.165) is 30.6 Å². The number of allylic oxidation sites excluding steroid dienone is 2. The molecule has 0 N–H and O–H groups in total. The molecule has 0 unspecified atom stereocenters. The quantitative estimate of drug-likeness (QED) is 0.284. The second-order valence-electron chi connectivity index (χ2n) is 8.73. The normalized spacial score (nSPS) is 28.4. The zero-order valence-corrected chi connectivity index (χ0v) is 17.2. The van der Waals surface area contributed by atoms with E-state index in [4.69, 9.17) is 4.74 Å². The van der Waals surface area contributed by atoms with Gasteiger partial charge in [0.15, 0.2) is 0 Å². The van der Waals surface area contributed by atoms with Gasteiger partial charge in [0.25, 0.3) is 0 Å². The molecule has 28 heavy (non-hydrogen) atoms. The van der Waals surface area contributed by atoms with Crippen molar-refractivity contribution in [1.82, 2.24) is 0 Å². The molecule has 0 aromatic heterocycles. The first-order valence-electron chi connectivity index (χ1n) is 11.2. The van der Waals surface area contributed by atoms with Gasteiger partial charge >= 0.3 is 5.97 Å². The molecule has 2 nitrogen and oxygen atoms in total. The number of hydrogen-bond donors (Lipinski definition) is 0. The maximum Gasteiger partial charge on any atom is 0.338 e. The maximum absolute atomic E-state index is 13.0. The largest absolute Gasteiger partial charge is 0.459 e. The summed E-state index contributed by atoms with van der Waals surface area (Å²) in [4.78, 5) is 12.2. The highest BCUT2D eigenvalue weighted by atomic mass is 19.1. The molecular formula is C25H35FO2. The highest BCUT2D eigenvalue weighted by molar-refractivity contribution is 5.89. The molecule has 1 aromatic carbocycles. The average Bonchev–Trinajstić information content (AvgIpc) is 2.73. The fourth-order valence-electron chi connectivity index (χ4n) is 5.12. The summed E-state index contributed by atoms with van der Waals surface area (Å²) < 4.78 is 18.7. The molecule has 0 radical (unpaired) electrons. The molecule has 0 heterocycles. The molecule has 2 saturated carbocycles. The predicted octanol–water partition coefficient (Wildman–Crippen LogP) is 7.09. The number of ether oxygens (including phenoxy) is 1. The number of carbonyl (C=O) groups excluding carboxylic acids is 1. The predicted molar refractivity (Wildman–Crippen MR) is 112 cm³/mol. The molecule has 0 spiro atoms. The lowest BCUT2D eigenvalue weighted by Crippen LogP contribution is -2.29. The molecule has 154 valence electrons. The van der Waals surface area contributed by atoms with Crippen molar-refractivity contribution in [2.75, 3.05) is 0 Å². The summed E-state index contributed by atoms with van der Waals surface area (Å²) in [5.41, 5.74) is 0.441. The lowest BCUT2D eigenvalue weighted by molar-refractivity contribution is 0.0109. The molecule has 0 amide bonds. The molecule has 2 aliphatic carbocycles. The number of unbranched alkanes of at least 4 members (excludes halogenated alkanes) is 1. The zero-order chi connectivity index (χ0) is 19.8. The van der Waals surface area contributed by atoms with Gasteiger partial charge < -0.3 is 4.74 Å². The van der Waals surface area contributed by atoms with Crippen LogP contribution in [0.25, 0.3) is 0 Å². The summed E-state index contributed by atoms with van der Waals surface area (Å²) in [6, 6.07) is 5.62. The molecule has 3 heteroatoms. The monoisotopic (exact) mass is 386 g/mol. The second kappa shape index (κ2) is 10.8. The average molecular weight is 387 g/mol. The fourth-order valence-corrected chi connectivity index (χ4v) is 5.12. The third-order valence-electron chi connectivity index (χ3n) is 6.85. The topological polar surface area (TPSA) is 26.3 Å². The van der Waals surface area contributed by atoms with Crippen molar-refractivity contribution >= 4 is 5.97 Å². The number of hydrogen-bond acceptors (Lipinski definition) is 2. The summed E-state index contributed by atoms with van der Waals surface area (Å²) in [5.74, 6) is 1.98. The molecule has 0 bridgehead atoms. The van der Waals surface area contributed by atoms with Gasteiger partial charge in [-0.15, -0.1) is 0 Å². The van der Waals surface area contributed by atoms with Gasteiger partial charge in [0.1, 0.15) is 11.9 Å². The molecule has 2 aliphatic rings. The van der Waals surface area contributed by atoms with Crippen molar-refractivity contribution in [2.24, 2.45) is 17.8 Å². The first-order chi connectivity index (χ1) is 13.7. The SMILES string of the molecule is C/C=C\CCCC1CCC(C2CCC(OC(=O)c3ccc(F)cc3)CC2)CC1. The lowest BCUT2D eigenvalue weighted by Gasteiger charge is -2.37. The second-order valence-corrected chi connectivity index (χ2v) is 8.73. The number of rotatable bonds is 7. The minimum Gasteiger partial charge on any atom is -0.459 e. The smallest absolute Gasteiger partial charge is 0.338 e. The van der Waals surface area contributed by atoms with Crippen LogP contribution < -0.4 is 0 Å². The Kier molecular flexibility index (Phi) is 8.12. The van der Waals surface area contributed by atoms with Crippen LogP contribution in [0.1, 0.15) is 87.9 Å². The highest BCUT2D eigenvalue weighted by Crippen LogP contribution is 2.41. The van der Waals surface area contributed by atoms with Crippen LogP contribution in [0.2, 0.25) is 0 Å². The summed E-state index contributed by atoms with van der Waals surface area (Å²) in [6.45, 7) is 2.10. The van der Waals surface area contributed by atoms with Gasteiger partial charge in [-0.05, 0) is 100 Å². The first-order valence-corrected chi connectivity index (χ1v) is 11.2. The molecule has 0 aliphatic heterocycles. The van der Waals surface area contributed by atoms with Crippen LogP contribution in [0.4, 0.5) is 4.39 Å². The Labute approximate surface area is 169 Å². The Morgan fingerprint density at radius 1 is 1.00 bits per heavy atom. The molecule has 2 fully saturated rings. The van der Waals surface area contributed by atoms with Crippen molar-refractivity contribution in [3.8, 4) is 0 Å². The van der Waals surface area contributed by atoms with Crippen LogP contribution in [0.15, 0.2) is 36.4 Å². The number of esters is 1. The van der Waals surface area contributed by atoms with E-state index >= 15 is 0 Å². The van der Waals surface area contributed by atoms with E-state index in [1.807, 2.05) is 0 Å². The summed E-state index contributed by atoms with van der Waals surface area (Å²) in [5, 5.41) is 0. The van der Waals surface area contributed by atoms with Gasteiger partial charge in [0, 0.05) is 0 Å². The minimum atomic E-state index is -0.329. The Hall–Kier alpha value is -1.64. The van der Waals surface area contributed by atoms with Gasteiger partial charge in [0.05, 0.1) is 5.56 Å². The minimum absolute atomic E-state index is 0.0248. The van der Waals surface area contributed by atoms with Crippen LogP contribution in [0, 0.1) is 23.6 Å². The van der Waals surface area contributed by atoms with E-state index in [1.54, 1.807) is 0 Å². The zero-order valence-electron chi connectivity index (χ0n) is 17.2. The van der Waals surface area contributed by atoms with E-state index < -0.39 is 0 Å². The van der Waals surface area contributed by atoms with E-state index in [1.165, 1.54) is 82.1 Å². The van der Waals surface area contributed by atoms with Gasteiger partial charge in [-0.2, -0.15) is 0 Å². The van der Waals surface area contributed by atoms with Gasteiger partial charge in [-0.3, -0.25) is 0 Å². The summed E-state index contributed by atoms with van der Waals surface area (Å²) in [7, 11) is 0. The summed E-state index contributed by atoms with van der Waals surface area (Å²) in [6.07, 6.45) is 18.3. The standard InChI is InChI=1S/C25H35FO2/c1-2-3-4-5-6-19-7-9-20(10-8-19)21-13-17-24(18-14-21)28-25(27)22-11-15-23(26)16-12-22/h2-3,11-12,15-16,19-21,24H,4-10,13-14,17-18H2,1H3/b3-2-. The van der Waals surface area contributed by atoms with Crippen LogP contribution in [0.3, 0.4) is 0 Å². The van der Waals surface area contributed by atoms with Crippen LogP contribution in [0.5, 0.6) is 0 Å². The molecule has 1 aromatic rings. The van der Waals surface area contributed by atoms with Gasteiger partial charge in [-0.25, -0.2) is 9.18 Å². The van der Waals surface area contributed by atoms with Gasteiger partial charge in [-0.1, -0.05) is 31.4 Å². The molecule has 0 saturated heterocycles. The van der Waals surface area contributed by atoms with E-state index in [2.05, 4.69) is 19.1 Å². The van der Waals surface area contributed by atoms with Crippen molar-refractivity contribution in [3.63, 3.8) is 0 Å². The molecule has 3 rings (SSSR count). The third-order valence-corrected chi connectivity index (χ3v) is 6.85. The fraction of sp³-hybridized carbons (Fsp3) is 0.640. The van der Waals surface area contributed by atoms with Crippen LogP contribution in [-0.4, -0.2) is 12.1 Å². The van der Waals surface area contributed by atoms with Crippen LogP contribution in [-0.2, 0) is 4.74 Å². The lowest BCUT2D eigenvalue weighted by atomic mass is 9.70. The van der Waals surface area contributed by atoms with Crippen molar-refractivity contribution < 1.29 is 13.9 Å². The third kappa shape index (κ3) is 6.18. The van der Waals surface area contributed by atoms with E-state index in [-0.39, 0.29) is 17.9 Å². The number of carbonyl (C=O) groups is 1. The summed E-state index contributed by atoms with van der Waals surface area (Å²) >= 11 is 0. The highest BCUT2D eigenvalue weighted by Gasteiger charge is 2.31. The Bertz CT molecular complexity index is 620. The number of halogens is 1. The van der Waals surface area contributed by atoms with Crippen molar-refractivity contribution in [1.29, 1.82) is 0 Å². The van der Waals surface area contributed by atoms with Gasteiger partial charge in [0.2, 0.25) is 0 Å². The first kappa shape index (κ1) is 21.1. The molecule has 0 atom stereocenters. The Morgan fingerprint density at radius 2 is 1.61 bits per heavy atom. The Morgan fingerprint density at radius 3 is 2.21 bits per heavy atom.